The zero-order valence-corrected chi connectivity index (χ0v) is 20.2. The predicted molar refractivity (Wildman–Crippen MR) is 133 cm³/mol. The molecule has 3 saturated heterocycles. The van der Waals surface area contributed by atoms with Gasteiger partial charge in [0, 0.05) is 63.6 Å². The summed E-state index contributed by atoms with van der Waals surface area (Å²) in [5.41, 5.74) is 2.10. The van der Waals surface area contributed by atoms with Crippen molar-refractivity contribution in [1.82, 2.24) is 4.90 Å². The van der Waals surface area contributed by atoms with E-state index in [0.29, 0.717) is 43.7 Å². The van der Waals surface area contributed by atoms with Crippen LogP contribution in [0.3, 0.4) is 0 Å². The van der Waals surface area contributed by atoms with Gasteiger partial charge in [0.2, 0.25) is 5.91 Å². The lowest BCUT2D eigenvalue weighted by Crippen LogP contribution is -2.49. The fourth-order valence-electron chi connectivity index (χ4n) is 6.46. The Hall–Kier alpha value is -2.12. The SMILES string of the molecule is O=C(C1CC1)N1CCC(O)(CC2CC=NN2c2ccc(N3CCC4(CCOCC4)C3)cc2)CC1. The van der Waals surface area contributed by atoms with E-state index in [1.165, 1.54) is 24.9 Å². The van der Waals surface area contributed by atoms with Gasteiger partial charge in [-0.3, -0.25) is 9.80 Å². The molecule has 4 aliphatic heterocycles. The van der Waals surface area contributed by atoms with Crippen molar-refractivity contribution in [3.8, 4) is 0 Å². The zero-order valence-electron chi connectivity index (χ0n) is 20.2. The molecule has 0 radical (unpaired) electrons. The third-order valence-electron chi connectivity index (χ3n) is 8.95. The molecule has 7 nitrogen and oxygen atoms in total. The first-order valence-electron chi connectivity index (χ1n) is 13.3. The molecular formula is C27H38N4O3. The molecule has 1 N–H and O–H groups in total. The van der Waals surface area contributed by atoms with Gasteiger partial charge >= 0.3 is 0 Å². The van der Waals surface area contributed by atoms with Crippen molar-refractivity contribution < 1.29 is 14.6 Å². The summed E-state index contributed by atoms with van der Waals surface area (Å²) in [4.78, 5) is 16.9. The van der Waals surface area contributed by atoms with Gasteiger partial charge in [-0.2, -0.15) is 5.10 Å². The van der Waals surface area contributed by atoms with Crippen molar-refractivity contribution in [2.24, 2.45) is 16.4 Å². The highest BCUT2D eigenvalue weighted by molar-refractivity contribution is 5.81. The highest BCUT2D eigenvalue weighted by Crippen LogP contribution is 2.42. The molecule has 6 rings (SSSR count). The Bertz CT molecular complexity index is 914. The number of hydrogen-bond acceptors (Lipinski definition) is 6. The average molecular weight is 467 g/mol. The molecule has 7 heteroatoms. The number of amides is 1. The lowest BCUT2D eigenvalue weighted by Gasteiger charge is -2.40. The fraction of sp³-hybridized carbons (Fsp3) is 0.704. The minimum absolute atomic E-state index is 0.166. The molecule has 1 aromatic rings. The fourth-order valence-corrected chi connectivity index (χ4v) is 6.46. The van der Waals surface area contributed by atoms with Crippen LogP contribution in [0.25, 0.3) is 0 Å². The van der Waals surface area contributed by atoms with Gasteiger partial charge in [0.05, 0.1) is 17.3 Å². The quantitative estimate of drug-likeness (QED) is 0.720. The molecule has 1 spiro atoms. The van der Waals surface area contributed by atoms with E-state index in [2.05, 4.69) is 39.3 Å². The van der Waals surface area contributed by atoms with Crippen LogP contribution in [0.15, 0.2) is 29.4 Å². The van der Waals surface area contributed by atoms with Crippen LogP contribution >= 0.6 is 0 Å². The number of hydrogen-bond donors (Lipinski definition) is 1. The maximum Gasteiger partial charge on any atom is 0.225 e. The van der Waals surface area contributed by atoms with Crippen LogP contribution in [-0.4, -0.2) is 73.2 Å². The molecule has 1 aliphatic carbocycles. The minimum atomic E-state index is -0.718. The number of carbonyl (C=O) groups excluding carboxylic acids is 1. The van der Waals surface area contributed by atoms with Crippen LogP contribution in [0.2, 0.25) is 0 Å². The second-order valence-electron chi connectivity index (χ2n) is 11.4. The number of anilines is 2. The first-order chi connectivity index (χ1) is 16.5. The Balaban J connectivity index is 1.06. The summed E-state index contributed by atoms with van der Waals surface area (Å²) in [5.74, 6) is 0.560. The van der Waals surface area contributed by atoms with E-state index in [0.717, 1.165) is 51.3 Å². The third kappa shape index (κ3) is 4.44. The number of rotatable bonds is 5. The Labute approximate surface area is 202 Å². The zero-order chi connectivity index (χ0) is 23.2. The van der Waals surface area contributed by atoms with Crippen LogP contribution in [0.1, 0.15) is 57.8 Å². The Kier molecular flexibility index (Phi) is 5.80. The molecule has 0 bridgehead atoms. The smallest absolute Gasteiger partial charge is 0.225 e. The van der Waals surface area contributed by atoms with E-state index in [-0.39, 0.29) is 12.0 Å². The maximum atomic E-state index is 12.4. The van der Waals surface area contributed by atoms with Gasteiger partial charge in [-0.05, 0) is 81.0 Å². The van der Waals surface area contributed by atoms with Gasteiger partial charge in [-0.15, -0.1) is 0 Å². The molecule has 34 heavy (non-hydrogen) atoms. The molecule has 4 fully saturated rings. The molecule has 0 aromatic heterocycles. The summed E-state index contributed by atoms with van der Waals surface area (Å²) in [6, 6.07) is 8.99. The van der Waals surface area contributed by atoms with E-state index >= 15 is 0 Å². The number of hydrazone groups is 1. The molecule has 4 heterocycles. The van der Waals surface area contributed by atoms with E-state index < -0.39 is 5.60 Å². The second-order valence-corrected chi connectivity index (χ2v) is 11.4. The van der Waals surface area contributed by atoms with Gasteiger partial charge < -0.3 is 19.6 Å². The largest absolute Gasteiger partial charge is 0.390 e. The Morgan fingerprint density at radius 1 is 1.00 bits per heavy atom. The van der Waals surface area contributed by atoms with Crippen LogP contribution in [0, 0.1) is 11.3 Å². The third-order valence-corrected chi connectivity index (χ3v) is 8.95. The van der Waals surface area contributed by atoms with Crippen molar-refractivity contribution in [2.45, 2.75) is 69.4 Å². The highest BCUT2D eigenvalue weighted by Gasteiger charge is 2.42. The summed E-state index contributed by atoms with van der Waals surface area (Å²) >= 11 is 0. The second kappa shape index (κ2) is 8.83. The van der Waals surface area contributed by atoms with Crippen LogP contribution in [0.5, 0.6) is 0 Å². The topological polar surface area (TPSA) is 68.6 Å². The molecule has 1 unspecified atom stereocenters. The monoisotopic (exact) mass is 466 g/mol. The van der Waals surface area contributed by atoms with Gasteiger partial charge in [-0.1, -0.05) is 0 Å². The van der Waals surface area contributed by atoms with Crippen molar-refractivity contribution >= 4 is 23.5 Å². The first-order valence-corrected chi connectivity index (χ1v) is 13.3. The molecule has 1 saturated carbocycles. The van der Waals surface area contributed by atoms with Crippen molar-refractivity contribution in [1.29, 1.82) is 0 Å². The van der Waals surface area contributed by atoms with Crippen molar-refractivity contribution in [3.05, 3.63) is 24.3 Å². The summed E-state index contributed by atoms with van der Waals surface area (Å²) in [6.45, 7) is 5.42. The number of carbonyl (C=O) groups is 1. The molecule has 5 aliphatic rings. The van der Waals surface area contributed by atoms with Crippen LogP contribution < -0.4 is 9.91 Å². The number of aliphatic hydroxyl groups is 1. The standard InChI is InChI=1S/C27H38N4O3/c32-25(21-1-2-21)29-15-9-27(33,10-16-29)19-24-7-13-28-31(24)23-5-3-22(4-6-23)30-14-8-26(20-30)11-17-34-18-12-26/h3-6,13,21,24,33H,1-2,7-12,14-20H2. The first kappa shape index (κ1) is 22.4. The van der Waals surface area contributed by atoms with E-state index in [1.54, 1.807) is 0 Å². The number of likely N-dealkylation sites (tertiary alicyclic amines) is 1. The van der Waals surface area contributed by atoms with E-state index in [1.807, 2.05) is 11.1 Å². The number of nitrogens with zero attached hydrogens (tertiary/aromatic N) is 4. The normalized spacial score (nSPS) is 28.1. The molecule has 1 amide bonds. The van der Waals surface area contributed by atoms with Gasteiger partial charge in [0.25, 0.3) is 0 Å². The predicted octanol–water partition coefficient (Wildman–Crippen LogP) is 3.41. The van der Waals surface area contributed by atoms with E-state index in [4.69, 9.17) is 4.74 Å². The van der Waals surface area contributed by atoms with Crippen LogP contribution in [-0.2, 0) is 9.53 Å². The number of benzene rings is 1. The van der Waals surface area contributed by atoms with Gasteiger partial charge in [-0.25, -0.2) is 0 Å². The van der Waals surface area contributed by atoms with E-state index in [9.17, 15) is 9.90 Å². The van der Waals surface area contributed by atoms with Gasteiger partial charge in [0.15, 0.2) is 0 Å². The number of ether oxygens (including phenoxy) is 1. The van der Waals surface area contributed by atoms with Gasteiger partial charge in [0.1, 0.15) is 0 Å². The lowest BCUT2D eigenvalue weighted by molar-refractivity contribution is -0.137. The molecule has 1 atom stereocenters. The summed E-state index contributed by atoms with van der Waals surface area (Å²) in [7, 11) is 0. The average Bonchev–Trinajstić information content (AvgIpc) is 3.49. The summed E-state index contributed by atoms with van der Waals surface area (Å²) in [5, 5.41) is 18.1. The summed E-state index contributed by atoms with van der Waals surface area (Å²) in [6.07, 6.45) is 10.6. The molecule has 184 valence electrons. The van der Waals surface area contributed by atoms with Crippen LogP contribution in [0.4, 0.5) is 11.4 Å². The lowest BCUT2D eigenvalue weighted by atomic mass is 9.80. The van der Waals surface area contributed by atoms with Crippen molar-refractivity contribution in [2.75, 3.05) is 49.3 Å². The Morgan fingerprint density at radius 2 is 1.71 bits per heavy atom. The highest BCUT2D eigenvalue weighted by atomic mass is 16.5. The Morgan fingerprint density at radius 3 is 2.41 bits per heavy atom. The number of piperidine rings is 1. The summed E-state index contributed by atoms with van der Waals surface area (Å²) < 4.78 is 5.60. The molecule has 1 aromatic carbocycles. The van der Waals surface area contributed by atoms with Crippen molar-refractivity contribution in [3.63, 3.8) is 0 Å². The maximum absolute atomic E-state index is 12.4. The molecular weight excluding hydrogens is 428 g/mol. The minimum Gasteiger partial charge on any atom is -0.390 e.